The van der Waals surface area contributed by atoms with E-state index in [-0.39, 0.29) is 11.9 Å². The Morgan fingerprint density at radius 1 is 1.41 bits per heavy atom. The topological polar surface area (TPSA) is 29.9 Å². The summed E-state index contributed by atoms with van der Waals surface area (Å²) < 4.78 is 15.3. The van der Waals surface area contributed by atoms with Gasteiger partial charge in [0, 0.05) is 7.05 Å². The lowest BCUT2D eigenvalue weighted by Crippen LogP contribution is -2.21. The van der Waals surface area contributed by atoms with Gasteiger partial charge in [-0.2, -0.15) is 0 Å². The van der Waals surface area contributed by atoms with Crippen molar-refractivity contribution >= 4 is 0 Å². The van der Waals surface area contributed by atoms with E-state index in [1.165, 1.54) is 6.07 Å². The van der Waals surface area contributed by atoms with E-state index in [9.17, 15) is 4.39 Å². The number of aryl methyl sites for hydroxylation is 2. The van der Waals surface area contributed by atoms with Crippen LogP contribution in [0.4, 0.5) is 4.39 Å². The molecule has 1 atom stereocenters. The zero-order chi connectivity index (χ0) is 12.4. The molecule has 0 bridgehead atoms. The number of imidazole rings is 1. The van der Waals surface area contributed by atoms with Gasteiger partial charge in [-0.3, -0.25) is 0 Å². The molecule has 1 unspecified atom stereocenters. The first kappa shape index (κ1) is 11.8. The second-order valence-corrected chi connectivity index (χ2v) is 4.15. The maximum atomic E-state index is 13.3. The highest BCUT2D eigenvalue weighted by atomic mass is 19.1. The number of hydrogen-bond acceptors (Lipinski definition) is 2. The van der Waals surface area contributed by atoms with Crippen LogP contribution in [-0.2, 0) is 7.05 Å². The smallest absolute Gasteiger partial charge is 0.123 e. The van der Waals surface area contributed by atoms with Crippen LogP contribution >= 0.6 is 0 Å². The lowest BCUT2D eigenvalue weighted by molar-refractivity contribution is 0.603. The third-order valence-electron chi connectivity index (χ3n) is 2.99. The van der Waals surface area contributed by atoms with Gasteiger partial charge in [0.1, 0.15) is 5.82 Å². The van der Waals surface area contributed by atoms with Crippen molar-refractivity contribution in [2.24, 2.45) is 7.05 Å². The molecule has 0 saturated heterocycles. The first-order chi connectivity index (χ1) is 8.13. The van der Waals surface area contributed by atoms with Crippen LogP contribution in [0.5, 0.6) is 0 Å². The molecule has 3 nitrogen and oxygen atoms in total. The van der Waals surface area contributed by atoms with Gasteiger partial charge in [-0.1, -0.05) is 6.07 Å². The largest absolute Gasteiger partial charge is 0.336 e. The van der Waals surface area contributed by atoms with Crippen LogP contribution < -0.4 is 5.32 Å². The number of aromatic nitrogens is 2. The van der Waals surface area contributed by atoms with Crippen LogP contribution in [0.3, 0.4) is 0 Å². The van der Waals surface area contributed by atoms with Crippen molar-refractivity contribution in [3.63, 3.8) is 0 Å². The fourth-order valence-corrected chi connectivity index (χ4v) is 2.03. The average molecular weight is 233 g/mol. The molecule has 2 aromatic rings. The third kappa shape index (κ3) is 2.22. The van der Waals surface area contributed by atoms with Crippen molar-refractivity contribution in [1.82, 2.24) is 14.9 Å². The Hall–Kier alpha value is -1.68. The van der Waals surface area contributed by atoms with Crippen LogP contribution in [-0.4, -0.2) is 16.6 Å². The van der Waals surface area contributed by atoms with E-state index >= 15 is 0 Å². The van der Waals surface area contributed by atoms with Gasteiger partial charge in [-0.25, -0.2) is 9.37 Å². The summed E-state index contributed by atoms with van der Waals surface area (Å²) in [5.41, 5.74) is 3.02. The Kier molecular flexibility index (Phi) is 3.24. The molecule has 0 fully saturated rings. The molecule has 0 amide bonds. The van der Waals surface area contributed by atoms with Gasteiger partial charge in [-0.05, 0) is 37.2 Å². The molecule has 0 aliphatic heterocycles. The van der Waals surface area contributed by atoms with Crippen LogP contribution in [0, 0.1) is 12.7 Å². The standard InChI is InChI=1S/C13H16FN3/c1-9-4-5-10(14)6-11(9)13(15-2)12-7-16-8-17(12)3/h4-8,13,15H,1-3H3. The van der Waals surface area contributed by atoms with E-state index < -0.39 is 0 Å². The molecule has 2 rings (SSSR count). The Morgan fingerprint density at radius 2 is 2.18 bits per heavy atom. The van der Waals surface area contributed by atoms with Gasteiger partial charge >= 0.3 is 0 Å². The van der Waals surface area contributed by atoms with Crippen molar-refractivity contribution in [1.29, 1.82) is 0 Å². The predicted molar refractivity (Wildman–Crippen MR) is 65.2 cm³/mol. The highest BCUT2D eigenvalue weighted by molar-refractivity contribution is 5.34. The van der Waals surface area contributed by atoms with Gasteiger partial charge in [0.15, 0.2) is 0 Å². The first-order valence-electron chi connectivity index (χ1n) is 5.53. The lowest BCUT2D eigenvalue weighted by atomic mass is 9.99. The molecule has 0 aliphatic rings. The van der Waals surface area contributed by atoms with Crippen molar-refractivity contribution in [3.8, 4) is 0 Å². The van der Waals surface area contributed by atoms with Crippen molar-refractivity contribution in [3.05, 3.63) is 53.4 Å². The Bertz CT molecular complexity index is 519. The van der Waals surface area contributed by atoms with Crippen molar-refractivity contribution < 1.29 is 4.39 Å². The summed E-state index contributed by atoms with van der Waals surface area (Å²) in [6.07, 6.45) is 3.54. The summed E-state index contributed by atoms with van der Waals surface area (Å²) in [7, 11) is 3.79. The number of benzene rings is 1. The summed E-state index contributed by atoms with van der Waals surface area (Å²) in [5, 5.41) is 3.20. The minimum absolute atomic E-state index is 0.0433. The molecule has 1 N–H and O–H groups in total. The highest BCUT2D eigenvalue weighted by Gasteiger charge is 2.17. The van der Waals surface area contributed by atoms with Gasteiger partial charge in [0.2, 0.25) is 0 Å². The van der Waals surface area contributed by atoms with Crippen LogP contribution in [0.2, 0.25) is 0 Å². The maximum absolute atomic E-state index is 13.3. The SMILES string of the molecule is CNC(c1cc(F)ccc1C)c1cncn1C. The Morgan fingerprint density at radius 3 is 2.76 bits per heavy atom. The van der Waals surface area contributed by atoms with Gasteiger partial charge in [0.25, 0.3) is 0 Å². The van der Waals surface area contributed by atoms with Gasteiger partial charge in [0.05, 0.1) is 24.3 Å². The Labute approximate surface area is 100 Å². The number of hydrogen-bond donors (Lipinski definition) is 1. The maximum Gasteiger partial charge on any atom is 0.123 e. The van der Waals surface area contributed by atoms with Crippen LogP contribution in [0.1, 0.15) is 22.9 Å². The number of nitrogens with one attached hydrogen (secondary N) is 1. The summed E-state index contributed by atoms with van der Waals surface area (Å²) in [4.78, 5) is 4.10. The lowest BCUT2D eigenvalue weighted by Gasteiger charge is -2.19. The summed E-state index contributed by atoms with van der Waals surface area (Å²) in [5.74, 6) is -0.215. The second kappa shape index (κ2) is 4.67. The van der Waals surface area contributed by atoms with Gasteiger partial charge in [-0.15, -0.1) is 0 Å². The monoisotopic (exact) mass is 233 g/mol. The van der Waals surface area contributed by atoms with Crippen molar-refractivity contribution in [2.75, 3.05) is 7.05 Å². The summed E-state index contributed by atoms with van der Waals surface area (Å²) in [6, 6.07) is 4.81. The zero-order valence-electron chi connectivity index (χ0n) is 10.2. The fourth-order valence-electron chi connectivity index (χ4n) is 2.03. The first-order valence-corrected chi connectivity index (χ1v) is 5.53. The zero-order valence-corrected chi connectivity index (χ0v) is 10.2. The summed E-state index contributed by atoms with van der Waals surface area (Å²) >= 11 is 0. The van der Waals surface area contributed by atoms with Crippen LogP contribution in [0.25, 0.3) is 0 Å². The van der Waals surface area contributed by atoms with Gasteiger partial charge < -0.3 is 9.88 Å². The quantitative estimate of drug-likeness (QED) is 0.880. The molecule has 90 valence electrons. The van der Waals surface area contributed by atoms with E-state index in [0.29, 0.717) is 0 Å². The molecule has 4 heteroatoms. The molecule has 17 heavy (non-hydrogen) atoms. The number of rotatable bonds is 3. The molecule has 1 aromatic heterocycles. The van der Waals surface area contributed by atoms with E-state index in [1.54, 1.807) is 24.7 Å². The number of halogens is 1. The second-order valence-electron chi connectivity index (χ2n) is 4.15. The normalized spacial score (nSPS) is 12.7. The molecule has 1 aromatic carbocycles. The Balaban J connectivity index is 2.49. The third-order valence-corrected chi connectivity index (χ3v) is 2.99. The summed E-state index contributed by atoms with van der Waals surface area (Å²) in [6.45, 7) is 1.98. The van der Waals surface area contributed by atoms with Crippen molar-refractivity contribution in [2.45, 2.75) is 13.0 Å². The molecular weight excluding hydrogens is 217 g/mol. The molecule has 0 spiro atoms. The molecule has 1 heterocycles. The number of nitrogens with zero attached hydrogens (tertiary/aromatic N) is 2. The highest BCUT2D eigenvalue weighted by Crippen LogP contribution is 2.24. The minimum Gasteiger partial charge on any atom is -0.336 e. The molecule has 0 aliphatic carbocycles. The molecule has 0 radical (unpaired) electrons. The van der Waals surface area contributed by atoms with E-state index in [4.69, 9.17) is 0 Å². The van der Waals surface area contributed by atoms with E-state index in [1.807, 2.05) is 25.6 Å². The predicted octanol–water partition coefficient (Wildman–Crippen LogP) is 2.18. The average Bonchev–Trinajstić information content (AvgIpc) is 2.71. The van der Waals surface area contributed by atoms with E-state index in [2.05, 4.69) is 10.3 Å². The molecule has 0 saturated carbocycles. The van der Waals surface area contributed by atoms with Crippen LogP contribution in [0.15, 0.2) is 30.7 Å². The van der Waals surface area contributed by atoms with E-state index in [0.717, 1.165) is 16.8 Å². The minimum atomic E-state index is -0.215. The molecular formula is C13H16FN3. The fraction of sp³-hybridized carbons (Fsp3) is 0.308.